The van der Waals surface area contributed by atoms with E-state index in [1.165, 1.54) is 5.56 Å². The van der Waals surface area contributed by atoms with Crippen molar-refractivity contribution in [1.82, 2.24) is 15.1 Å². The van der Waals surface area contributed by atoms with Crippen LogP contribution in [0.5, 0.6) is 0 Å². The highest BCUT2D eigenvalue weighted by Crippen LogP contribution is 2.15. The van der Waals surface area contributed by atoms with Crippen LogP contribution in [-0.4, -0.2) is 43.3 Å². The lowest BCUT2D eigenvalue weighted by molar-refractivity contribution is 0.0677. The van der Waals surface area contributed by atoms with Crippen LogP contribution in [0.3, 0.4) is 0 Å². The summed E-state index contributed by atoms with van der Waals surface area (Å²) in [6, 6.07) is 0.414. The predicted molar refractivity (Wildman–Crippen MR) is 76.2 cm³/mol. The minimum atomic E-state index is 0.414. The third-order valence-electron chi connectivity index (χ3n) is 3.02. The van der Waals surface area contributed by atoms with Gasteiger partial charge in [-0.3, -0.25) is 4.68 Å². The van der Waals surface area contributed by atoms with Gasteiger partial charge in [-0.05, 0) is 19.4 Å². The van der Waals surface area contributed by atoms with Crippen LogP contribution >= 0.6 is 0 Å². The Morgan fingerprint density at radius 1 is 1.32 bits per heavy atom. The second-order valence-corrected chi connectivity index (χ2v) is 4.51. The van der Waals surface area contributed by atoms with Gasteiger partial charge in [0, 0.05) is 38.1 Å². The molecule has 1 N–H and O–H groups in total. The molecule has 0 amide bonds. The Labute approximate surface area is 116 Å². The van der Waals surface area contributed by atoms with Crippen molar-refractivity contribution in [2.24, 2.45) is 0 Å². The van der Waals surface area contributed by atoms with Gasteiger partial charge in [0.2, 0.25) is 0 Å². The fourth-order valence-corrected chi connectivity index (χ4v) is 2.00. The Balaban J connectivity index is 2.26. The molecule has 0 saturated heterocycles. The highest BCUT2D eigenvalue weighted by atomic mass is 16.5. The van der Waals surface area contributed by atoms with E-state index in [2.05, 4.69) is 30.5 Å². The zero-order chi connectivity index (χ0) is 13.9. The van der Waals surface area contributed by atoms with Crippen LogP contribution < -0.4 is 5.32 Å². The van der Waals surface area contributed by atoms with Crippen molar-refractivity contribution in [3.63, 3.8) is 0 Å². The molecule has 19 heavy (non-hydrogen) atoms. The number of hydrogen-bond acceptors (Lipinski definition) is 4. The monoisotopic (exact) mass is 269 g/mol. The van der Waals surface area contributed by atoms with E-state index in [4.69, 9.17) is 9.47 Å². The van der Waals surface area contributed by atoms with Gasteiger partial charge in [-0.25, -0.2) is 0 Å². The van der Waals surface area contributed by atoms with Gasteiger partial charge in [-0.1, -0.05) is 13.8 Å². The highest BCUT2D eigenvalue weighted by molar-refractivity contribution is 5.10. The molecule has 1 heterocycles. The Bertz CT molecular complexity index is 328. The zero-order valence-electron chi connectivity index (χ0n) is 12.4. The molecule has 5 heteroatoms. The number of hydrogen-bond donors (Lipinski definition) is 1. The summed E-state index contributed by atoms with van der Waals surface area (Å²) in [6.07, 6.45) is 6.15. The molecule has 5 nitrogen and oxygen atoms in total. The molecule has 0 bridgehead atoms. The molecule has 1 unspecified atom stereocenters. The standard InChI is InChI=1S/C14H27N3O2/c1-4-14(15-5-2)13-11-16-17(12-13)7-6-8-19-10-9-18-3/h11-12,14-15H,4-10H2,1-3H3. The smallest absolute Gasteiger partial charge is 0.0700 e. The van der Waals surface area contributed by atoms with Crippen LogP contribution in [0.1, 0.15) is 38.3 Å². The van der Waals surface area contributed by atoms with Crippen LogP contribution in [0.4, 0.5) is 0 Å². The van der Waals surface area contributed by atoms with Crippen molar-refractivity contribution in [1.29, 1.82) is 0 Å². The lowest BCUT2D eigenvalue weighted by Gasteiger charge is -2.13. The van der Waals surface area contributed by atoms with E-state index in [0.29, 0.717) is 19.3 Å². The lowest BCUT2D eigenvalue weighted by atomic mass is 10.1. The molecule has 1 aromatic heterocycles. The molecule has 110 valence electrons. The summed E-state index contributed by atoms with van der Waals surface area (Å²) >= 11 is 0. The topological polar surface area (TPSA) is 48.3 Å². The third kappa shape index (κ3) is 6.18. The summed E-state index contributed by atoms with van der Waals surface area (Å²) in [6.45, 7) is 8.28. The van der Waals surface area contributed by atoms with Gasteiger partial charge in [-0.15, -0.1) is 0 Å². The number of nitrogens with zero attached hydrogens (tertiary/aromatic N) is 2. The maximum absolute atomic E-state index is 5.43. The van der Waals surface area contributed by atoms with Crippen molar-refractivity contribution in [2.75, 3.05) is 33.5 Å². The number of ether oxygens (including phenoxy) is 2. The molecular weight excluding hydrogens is 242 g/mol. The summed E-state index contributed by atoms with van der Waals surface area (Å²) in [5.74, 6) is 0. The van der Waals surface area contributed by atoms with Crippen LogP contribution in [-0.2, 0) is 16.0 Å². The summed E-state index contributed by atoms with van der Waals surface area (Å²) in [4.78, 5) is 0. The second-order valence-electron chi connectivity index (χ2n) is 4.51. The molecular formula is C14H27N3O2. The fourth-order valence-electron chi connectivity index (χ4n) is 2.00. The Morgan fingerprint density at radius 3 is 2.84 bits per heavy atom. The van der Waals surface area contributed by atoms with E-state index in [-0.39, 0.29) is 0 Å². The summed E-state index contributed by atoms with van der Waals surface area (Å²) < 4.78 is 12.3. The average molecular weight is 269 g/mol. The minimum Gasteiger partial charge on any atom is -0.382 e. The first-order chi connectivity index (χ1) is 9.31. The van der Waals surface area contributed by atoms with Crippen molar-refractivity contribution in [3.05, 3.63) is 18.0 Å². The molecule has 0 fully saturated rings. The molecule has 0 spiro atoms. The van der Waals surface area contributed by atoms with E-state index in [1.807, 2.05) is 10.9 Å². The van der Waals surface area contributed by atoms with Crippen LogP contribution in [0, 0.1) is 0 Å². The predicted octanol–water partition coefficient (Wildman–Crippen LogP) is 2.00. The van der Waals surface area contributed by atoms with Crippen LogP contribution in [0.2, 0.25) is 0 Å². The third-order valence-corrected chi connectivity index (χ3v) is 3.02. The molecule has 0 aliphatic rings. The van der Waals surface area contributed by atoms with Crippen molar-refractivity contribution >= 4 is 0 Å². The number of aromatic nitrogens is 2. The SMILES string of the molecule is CCNC(CC)c1cnn(CCCOCCOC)c1. The molecule has 0 aliphatic heterocycles. The summed E-state index contributed by atoms with van der Waals surface area (Å²) in [5, 5.41) is 7.86. The van der Waals surface area contributed by atoms with Gasteiger partial charge in [-0.2, -0.15) is 5.10 Å². The van der Waals surface area contributed by atoms with Gasteiger partial charge in [0.25, 0.3) is 0 Å². The number of rotatable bonds is 11. The maximum Gasteiger partial charge on any atom is 0.0700 e. The van der Waals surface area contributed by atoms with Crippen molar-refractivity contribution in [3.8, 4) is 0 Å². The minimum absolute atomic E-state index is 0.414. The first kappa shape index (κ1) is 16.1. The second kappa shape index (κ2) is 9.95. The van der Waals surface area contributed by atoms with Crippen molar-refractivity contribution in [2.45, 2.75) is 39.3 Å². The largest absolute Gasteiger partial charge is 0.382 e. The molecule has 0 radical (unpaired) electrons. The zero-order valence-corrected chi connectivity index (χ0v) is 12.4. The molecule has 1 atom stereocenters. The van der Waals surface area contributed by atoms with E-state index in [1.54, 1.807) is 7.11 Å². The van der Waals surface area contributed by atoms with E-state index < -0.39 is 0 Å². The first-order valence-corrected chi connectivity index (χ1v) is 7.14. The van der Waals surface area contributed by atoms with Gasteiger partial charge in [0.15, 0.2) is 0 Å². The summed E-state index contributed by atoms with van der Waals surface area (Å²) in [5.41, 5.74) is 1.27. The van der Waals surface area contributed by atoms with Gasteiger partial charge >= 0.3 is 0 Å². The Morgan fingerprint density at radius 2 is 2.16 bits per heavy atom. The van der Waals surface area contributed by atoms with Crippen LogP contribution in [0.15, 0.2) is 12.4 Å². The average Bonchev–Trinajstić information content (AvgIpc) is 2.88. The number of aryl methyl sites for hydroxylation is 1. The molecule has 1 rings (SSSR count). The molecule has 0 aliphatic carbocycles. The molecule has 1 aromatic rings. The van der Waals surface area contributed by atoms with Crippen molar-refractivity contribution < 1.29 is 9.47 Å². The van der Waals surface area contributed by atoms with Gasteiger partial charge < -0.3 is 14.8 Å². The highest BCUT2D eigenvalue weighted by Gasteiger charge is 2.09. The normalized spacial score (nSPS) is 12.8. The fraction of sp³-hybridized carbons (Fsp3) is 0.786. The quantitative estimate of drug-likeness (QED) is 0.624. The van der Waals surface area contributed by atoms with E-state index >= 15 is 0 Å². The molecule has 0 aromatic carbocycles. The lowest BCUT2D eigenvalue weighted by Crippen LogP contribution is -2.19. The Kier molecular flexibility index (Phi) is 8.45. The first-order valence-electron chi connectivity index (χ1n) is 7.14. The maximum atomic E-state index is 5.43. The van der Waals surface area contributed by atoms with Crippen LogP contribution in [0.25, 0.3) is 0 Å². The molecule has 0 saturated carbocycles. The van der Waals surface area contributed by atoms with Gasteiger partial charge in [0.05, 0.1) is 19.4 Å². The summed E-state index contributed by atoms with van der Waals surface area (Å²) in [7, 11) is 1.68. The van der Waals surface area contributed by atoms with Gasteiger partial charge in [0.1, 0.15) is 0 Å². The number of nitrogens with one attached hydrogen (secondary N) is 1. The number of methoxy groups -OCH3 is 1. The van der Waals surface area contributed by atoms with E-state index in [9.17, 15) is 0 Å². The Hall–Kier alpha value is -0.910. The van der Waals surface area contributed by atoms with E-state index in [0.717, 1.165) is 32.5 Å².